The number of benzene rings is 1. The van der Waals surface area contributed by atoms with Gasteiger partial charge in [0.05, 0.1) is 12.1 Å². The SMILES string of the molecule is O=C1CCC(C(=O)Nc2nc(CC(=O)N3CCc4ccccc4C3)cs2)N1. The van der Waals surface area contributed by atoms with Crippen molar-refractivity contribution in [3.05, 3.63) is 46.5 Å². The number of nitrogens with zero attached hydrogens (tertiary/aromatic N) is 2. The van der Waals surface area contributed by atoms with Crippen LogP contribution in [-0.4, -0.2) is 40.2 Å². The lowest BCUT2D eigenvalue weighted by molar-refractivity contribution is -0.131. The second-order valence-corrected chi connectivity index (χ2v) is 7.66. The quantitative estimate of drug-likeness (QED) is 0.835. The third-order valence-electron chi connectivity index (χ3n) is 4.91. The lowest BCUT2D eigenvalue weighted by atomic mass is 10.00. The number of rotatable bonds is 4. The highest BCUT2D eigenvalue weighted by atomic mass is 32.1. The van der Waals surface area contributed by atoms with Gasteiger partial charge in [0.15, 0.2) is 5.13 Å². The Morgan fingerprint density at radius 3 is 2.85 bits per heavy atom. The standard InChI is InChI=1S/C19H20N4O3S/c24-16-6-5-15(21-16)18(26)22-19-20-14(11-27-19)9-17(25)23-8-7-12-3-1-2-4-13(12)10-23/h1-4,11,15H,5-10H2,(H,21,24)(H,20,22,26). The van der Waals surface area contributed by atoms with Crippen LogP contribution in [0.1, 0.15) is 29.7 Å². The molecule has 0 radical (unpaired) electrons. The summed E-state index contributed by atoms with van der Waals surface area (Å²) >= 11 is 1.29. The Kier molecular flexibility index (Phi) is 4.89. The zero-order valence-electron chi connectivity index (χ0n) is 14.7. The van der Waals surface area contributed by atoms with E-state index in [1.807, 2.05) is 17.0 Å². The minimum absolute atomic E-state index is 0.0377. The highest BCUT2D eigenvalue weighted by Gasteiger charge is 2.28. The van der Waals surface area contributed by atoms with Crippen molar-refractivity contribution in [1.82, 2.24) is 15.2 Å². The van der Waals surface area contributed by atoms with E-state index in [1.54, 1.807) is 5.38 Å². The molecule has 0 saturated carbocycles. The summed E-state index contributed by atoms with van der Waals surface area (Å²) in [6.07, 6.45) is 1.95. The molecule has 3 heterocycles. The van der Waals surface area contributed by atoms with Gasteiger partial charge in [0.25, 0.3) is 0 Å². The Labute approximate surface area is 160 Å². The first-order chi connectivity index (χ1) is 13.1. The second kappa shape index (κ2) is 7.48. The first-order valence-electron chi connectivity index (χ1n) is 8.97. The van der Waals surface area contributed by atoms with Gasteiger partial charge in [-0.3, -0.25) is 14.4 Å². The Balaban J connectivity index is 1.33. The van der Waals surface area contributed by atoms with Crippen LogP contribution < -0.4 is 10.6 Å². The molecule has 2 aliphatic rings. The summed E-state index contributed by atoms with van der Waals surface area (Å²) in [5.74, 6) is -0.333. The van der Waals surface area contributed by atoms with Gasteiger partial charge >= 0.3 is 0 Å². The summed E-state index contributed by atoms with van der Waals surface area (Å²) in [6, 6.07) is 7.69. The molecule has 8 heteroatoms. The van der Waals surface area contributed by atoms with Crippen molar-refractivity contribution in [2.45, 2.75) is 38.3 Å². The fraction of sp³-hybridized carbons (Fsp3) is 0.368. The highest BCUT2D eigenvalue weighted by Crippen LogP contribution is 2.21. The molecular formula is C19H20N4O3S. The average Bonchev–Trinajstić information content (AvgIpc) is 3.30. The topological polar surface area (TPSA) is 91.4 Å². The van der Waals surface area contributed by atoms with Gasteiger partial charge in [-0.25, -0.2) is 4.98 Å². The van der Waals surface area contributed by atoms with Crippen molar-refractivity contribution >= 4 is 34.2 Å². The molecule has 1 unspecified atom stereocenters. The van der Waals surface area contributed by atoms with Crippen LogP contribution in [0.25, 0.3) is 0 Å². The lowest BCUT2D eigenvalue weighted by Crippen LogP contribution is -2.37. The van der Waals surface area contributed by atoms with Gasteiger partial charge in [-0.2, -0.15) is 0 Å². The van der Waals surface area contributed by atoms with E-state index in [9.17, 15) is 14.4 Å². The molecule has 0 aliphatic carbocycles. The molecule has 3 amide bonds. The lowest BCUT2D eigenvalue weighted by Gasteiger charge is -2.28. The largest absolute Gasteiger partial charge is 0.344 e. The number of amides is 3. The first-order valence-corrected chi connectivity index (χ1v) is 9.85. The van der Waals surface area contributed by atoms with E-state index in [2.05, 4.69) is 27.8 Å². The van der Waals surface area contributed by atoms with Gasteiger partial charge in [0.2, 0.25) is 17.7 Å². The molecule has 1 saturated heterocycles. The molecule has 4 rings (SSSR count). The highest BCUT2D eigenvalue weighted by molar-refractivity contribution is 7.13. The van der Waals surface area contributed by atoms with Crippen LogP contribution in [0, 0.1) is 0 Å². The van der Waals surface area contributed by atoms with Crippen LogP contribution in [-0.2, 0) is 33.8 Å². The number of aromatic nitrogens is 1. The molecule has 0 spiro atoms. The number of carbonyl (C=O) groups is 3. The van der Waals surface area contributed by atoms with Crippen LogP contribution in [0.5, 0.6) is 0 Å². The number of hydrogen-bond donors (Lipinski definition) is 2. The van der Waals surface area contributed by atoms with Crippen molar-refractivity contribution in [2.24, 2.45) is 0 Å². The monoisotopic (exact) mass is 384 g/mol. The molecule has 2 aromatic rings. The van der Waals surface area contributed by atoms with Gasteiger partial charge in [0, 0.05) is 24.9 Å². The molecular weight excluding hydrogens is 364 g/mol. The molecule has 7 nitrogen and oxygen atoms in total. The van der Waals surface area contributed by atoms with Crippen molar-refractivity contribution in [1.29, 1.82) is 0 Å². The van der Waals surface area contributed by atoms with E-state index in [1.165, 1.54) is 22.5 Å². The molecule has 1 aromatic carbocycles. The van der Waals surface area contributed by atoms with Crippen LogP contribution >= 0.6 is 11.3 Å². The normalized spacial score (nSPS) is 18.7. The number of carbonyl (C=O) groups excluding carboxylic acids is 3. The van der Waals surface area contributed by atoms with E-state index >= 15 is 0 Å². The van der Waals surface area contributed by atoms with Gasteiger partial charge in [0.1, 0.15) is 6.04 Å². The predicted octanol–water partition coefficient (Wildman–Crippen LogP) is 1.49. The zero-order chi connectivity index (χ0) is 18.8. The zero-order valence-corrected chi connectivity index (χ0v) is 15.6. The van der Waals surface area contributed by atoms with Gasteiger partial charge in [-0.15, -0.1) is 11.3 Å². The fourth-order valence-electron chi connectivity index (χ4n) is 3.42. The fourth-order valence-corrected chi connectivity index (χ4v) is 4.14. The number of anilines is 1. The molecule has 140 valence electrons. The maximum absolute atomic E-state index is 12.6. The summed E-state index contributed by atoms with van der Waals surface area (Å²) < 4.78 is 0. The Morgan fingerprint density at radius 1 is 1.26 bits per heavy atom. The van der Waals surface area contributed by atoms with Crippen LogP contribution in [0.3, 0.4) is 0 Å². The van der Waals surface area contributed by atoms with Crippen LogP contribution in [0.2, 0.25) is 0 Å². The number of fused-ring (bicyclic) bond motifs is 1. The van der Waals surface area contributed by atoms with E-state index < -0.39 is 6.04 Å². The van der Waals surface area contributed by atoms with Crippen molar-refractivity contribution < 1.29 is 14.4 Å². The molecule has 2 aliphatic heterocycles. The smallest absolute Gasteiger partial charge is 0.248 e. The third-order valence-corrected chi connectivity index (χ3v) is 5.72. The predicted molar refractivity (Wildman–Crippen MR) is 101 cm³/mol. The molecule has 1 atom stereocenters. The first kappa shape index (κ1) is 17.7. The second-order valence-electron chi connectivity index (χ2n) is 6.80. The molecule has 2 N–H and O–H groups in total. The number of nitrogens with one attached hydrogen (secondary N) is 2. The summed E-state index contributed by atoms with van der Waals surface area (Å²) in [5.41, 5.74) is 3.15. The number of hydrogen-bond acceptors (Lipinski definition) is 5. The van der Waals surface area contributed by atoms with Crippen molar-refractivity contribution in [3.63, 3.8) is 0 Å². The van der Waals surface area contributed by atoms with Crippen LogP contribution in [0.15, 0.2) is 29.6 Å². The number of thiazole rings is 1. The van der Waals surface area contributed by atoms with Gasteiger partial charge in [-0.05, 0) is 24.0 Å². The molecule has 1 aromatic heterocycles. The van der Waals surface area contributed by atoms with Gasteiger partial charge < -0.3 is 15.5 Å². The van der Waals surface area contributed by atoms with Crippen molar-refractivity contribution in [3.8, 4) is 0 Å². The minimum atomic E-state index is -0.500. The summed E-state index contributed by atoms with van der Waals surface area (Å²) in [4.78, 5) is 42.1. The Bertz CT molecular complexity index is 895. The van der Waals surface area contributed by atoms with E-state index in [0.29, 0.717) is 36.8 Å². The molecule has 1 fully saturated rings. The van der Waals surface area contributed by atoms with Crippen molar-refractivity contribution in [2.75, 3.05) is 11.9 Å². The molecule has 27 heavy (non-hydrogen) atoms. The Morgan fingerprint density at radius 2 is 2.07 bits per heavy atom. The minimum Gasteiger partial charge on any atom is -0.344 e. The maximum atomic E-state index is 12.6. The van der Waals surface area contributed by atoms with Gasteiger partial charge in [-0.1, -0.05) is 24.3 Å². The van der Waals surface area contributed by atoms with Crippen LogP contribution in [0.4, 0.5) is 5.13 Å². The average molecular weight is 384 g/mol. The third kappa shape index (κ3) is 4.00. The Hall–Kier alpha value is -2.74. The summed E-state index contributed by atoms with van der Waals surface area (Å²) in [7, 11) is 0. The molecule has 0 bridgehead atoms. The summed E-state index contributed by atoms with van der Waals surface area (Å²) in [6.45, 7) is 1.34. The summed E-state index contributed by atoms with van der Waals surface area (Å²) in [5, 5.41) is 7.59. The van der Waals surface area contributed by atoms with E-state index in [-0.39, 0.29) is 24.1 Å². The van der Waals surface area contributed by atoms with E-state index in [4.69, 9.17) is 0 Å². The maximum Gasteiger partial charge on any atom is 0.248 e. The van der Waals surface area contributed by atoms with E-state index in [0.717, 1.165) is 6.42 Å².